The van der Waals surface area contributed by atoms with Gasteiger partial charge in [0, 0.05) is 12.7 Å². The first-order valence-corrected chi connectivity index (χ1v) is 4.29. The highest BCUT2D eigenvalue weighted by Crippen LogP contribution is 2.12. The van der Waals surface area contributed by atoms with Gasteiger partial charge in [-0.3, -0.25) is 4.39 Å². The molecule has 1 rings (SSSR count). The van der Waals surface area contributed by atoms with Crippen LogP contribution in [0.4, 0.5) is 10.1 Å². The maximum absolute atomic E-state index is 11.9. The van der Waals surface area contributed by atoms with Gasteiger partial charge in [-0.2, -0.15) is 0 Å². The number of hydrogen-bond acceptors (Lipinski definition) is 3. The lowest BCUT2D eigenvalue weighted by molar-refractivity contribution is 0.0588. The monoisotopic (exact) mass is 200 g/mol. The number of carbonyl (C=O) groups is 1. The third-order valence-corrected chi connectivity index (χ3v) is 1.84. The lowest BCUT2D eigenvalue weighted by atomic mass is 10.4. The quantitative estimate of drug-likeness (QED) is 0.743. The highest BCUT2D eigenvalue weighted by atomic mass is 19.1. The van der Waals surface area contributed by atoms with Crippen LogP contribution in [0.5, 0.6) is 0 Å². The van der Waals surface area contributed by atoms with Crippen molar-refractivity contribution in [2.75, 3.05) is 19.5 Å². The maximum Gasteiger partial charge on any atom is 0.354 e. The maximum atomic E-state index is 11.9. The smallest absolute Gasteiger partial charge is 0.354 e. The molecule has 1 heterocycles. The van der Waals surface area contributed by atoms with Gasteiger partial charge >= 0.3 is 5.97 Å². The van der Waals surface area contributed by atoms with Crippen LogP contribution in [0, 0.1) is 0 Å². The Morgan fingerprint density at radius 3 is 3.00 bits per heavy atom. The van der Waals surface area contributed by atoms with Gasteiger partial charge in [0.05, 0.1) is 19.5 Å². The molecule has 0 saturated heterocycles. The topological polar surface area (TPSA) is 57.2 Å². The minimum atomic E-state index is -0.458. The summed E-state index contributed by atoms with van der Waals surface area (Å²) >= 11 is 0. The van der Waals surface area contributed by atoms with E-state index in [9.17, 15) is 9.18 Å². The second kappa shape index (κ2) is 4.64. The van der Waals surface area contributed by atoms with Gasteiger partial charge in [-0.15, -0.1) is 0 Å². The van der Waals surface area contributed by atoms with E-state index in [2.05, 4.69) is 4.74 Å². The number of anilines is 1. The molecule has 0 unspecified atom stereocenters. The van der Waals surface area contributed by atoms with Gasteiger partial charge in [-0.05, 0) is 12.5 Å². The number of ether oxygens (including phenoxy) is 1. The predicted molar refractivity (Wildman–Crippen MR) is 50.8 cm³/mol. The number of nitrogen functional groups attached to an aromatic ring is 1. The number of methoxy groups -OCH3 is 1. The highest BCUT2D eigenvalue weighted by molar-refractivity contribution is 5.88. The molecule has 0 bridgehead atoms. The lowest BCUT2D eigenvalue weighted by Gasteiger charge is -2.05. The van der Waals surface area contributed by atoms with E-state index in [1.54, 1.807) is 10.8 Å². The van der Waals surface area contributed by atoms with E-state index in [1.165, 1.54) is 13.2 Å². The summed E-state index contributed by atoms with van der Waals surface area (Å²) in [4.78, 5) is 11.2. The zero-order valence-electron chi connectivity index (χ0n) is 8.00. The standard InChI is InChI=1S/C9H13FN2O2/c1-14-9(13)8-5-7(11)6-12(8)4-2-3-10/h5-6H,2-4,11H2,1H3. The number of halogens is 1. The Hall–Kier alpha value is -1.52. The normalized spacial score (nSPS) is 10.1. The number of hydrogen-bond donors (Lipinski definition) is 1. The largest absolute Gasteiger partial charge is 0.464 e. The third kappa shape index (κ3) is 2.25. The second-order valence-electron chi connectivity index (χ2n) is 2.89. The number of carbonyl (C=O) groups excluding carboxylic acids is 1. The van der Waals surface area contributed by atoms with Crippen molar-refractivity contribution >= 4 is 11.7 Å². The molecule has 0 aliphatic carbocycles. The van der Waals surface area contributed by atoms with E-state index in [4.69, 9.17) is 5.73 Å². The molecule has 0 aliphatic rings. The summed E-state index contributed by atoms with van der Waals surface area (Å²) in [5, 5.41) is 0. The lowest BCUT2D eigenvalue weighted by Crippen LogP contribution is -2.10. The Morgan fingerprint density at radius 2 is 2.43 bits per heavy atom. The van der Waals surface area contributed by atoms with Crippen molar-refractivity contribution in [1.29, 1.82) is 0 Å². The van der Waals surface area contributed by atoms with Gasteiger partial charge in [0.2, 0.25) is 0 Å². The number of aromatic nitrogens is 1. The van der Waals surface area contributed by atoms with Gasteiger partial charge in [0.15, 0.2) is 0 Å². The molecule has 4 nitrogen and oxygen atoms in total. The molecule has 1 aromatic rings. The van der Waals surface area contributed by atoms with Crippen LogP contribution in [0.25, 0.3) is 0 Å². The van der Waals surface area contributed by atoms with E-state index >= 15 is 0 Å². The number of esters is 1. The highest BCUT2D eigenvalue weighted by Gasteiger charge is 2.12. The molecule has 5 heteroatoms. The zero-order valence-corrected chi connectivity index (χ0v) is 8.00. The Balaban J connectivity index is 2.85. The van der Waals surface area contributed by atoms with Crippen LogP contribution in [0.3, 0.4) is 0 Å². The first-order chi connectivity index (χ1) is 6.69. The van der Waals surface area contributed by atoms with E-state index in [1.807, 2.05) is 0 Å². The average Bonchev–Trinajstić information content (AvgIpc) is 2.55. The molecule has 0 spiro atoms. The summed E-state index contributed by atoms with van der Waals surface area (Å²) in [7, 11) is 1.30. The molecule has 14 heavy (non-hydrogen) atoms. The van der Waals surface area contributed by atoms with Crippen molar-refractivity contribution in [2.24, 2.45) is 0 Å². The van der Waals surface area contributed by atoms with Crippen LogP contribution < -0.4 is 5.73 Å². The van der Waals surface area contributed by atoms with Crippen molar-refractivity contribution in [1.82, 2.24) is 4.57 Å². The number of nitrogens with two attached hydrogens (primary N) is 1. The Labute approximate surface area is 81.5 Å². The SMILES string of the molecule is COC(=O)c1cc(N)cn1CCCF. The Kier molecular flexibility index (Phi) is 3.50. The Morgan fingerprint density at radius 1 is 1.71 bits per heavy atom. The molecule has 0 aromatic carbocycles. The summed E-state index contributed by atoms with van der Waals surface area (Å²) in [6.45, 7) is 0.0107. The van der Waals surface area contributed by atoms with Crippen molar-refractivity contribution in [2.45, 2.75) is 13.0 Å². The number of nitrogens with zero attached hydrogens (tertiary/aromatic N) is 1. The molecule has 0 radical (unpaired) electrons. The summed E-state index contributed by atoms with van der Waals surface area (Å²) in [5.74, 6) is -0.458. The molecular formula is C9H13FN2O2. The molecule has 1 aromatic heterocycles. The third-order valence-electron chi connectivity index (χ3n) is 1.84. The van der Waals surface area contributed by atoms with Gasteiger partial charge in [0.1, 0.15) is 5.69 Å². The fourth-order valence-corrected chi connectivity index (χ4v) is 1.22. The van der Waals surface area contributed by atoms with Gasteiger partial charge in [0.25, 0.3) is 0 Å². The zero-order chi connectivity index (χ0) is 10.6. The van der Waals surface area contributed by atoms with Crippen molar-refractivity contribution < 1.29 is 13.9 Å². The summed E-state index contributed by atoms with van der Waals surface area (Å²) < 4.78 is 18.1. The molecule has 0 aliphatic heterocycles. The number of alkyl halides is 1. The molecule has 0 amide bonds. The average molecular weight is 200 g/mol. The van der Waals surface area contributed by atoms with E-state index < -0.39 is 12.6 Å². The van der Waals surface area contributed by atoms with Crippen LogP contribution in [0.15, 0.2) is 12.3 Å². The van der Waals surface area contributed by atoms with Crippen molar-refractivity contribution in [3.63, 3.8) is 0 Å². The molecular weight excluding hydrogens is 187 g/mol. The fraction of sp³-hybridized carbons (Fsp3) is 0.444. The van der Waals surface area contributed by atoms with Gasteiger partial charge < -0.3 is 15.0 Å². The first-order valence-electron chi connectivity index (χ1n) is 4.29. The molecule has 2 N–H and O–H groups in total. The van der Waals surface area contributed by atoms with Crippen LogP contribution in [-0.4, -0.2) is 24.3 Å². The minimum Gasteiger partial charge on any atom is -0.464 e. The second-order valence-corrected chi connectivity index (χ2v) is 2.89. The van der Waals surface area contributed by atoms with Gasteiger partial charge in [-0.1, -0.05) is 0 Å². The minimum absolute atomic E-state index is 0.359. The fourth-order valence-electron chi connectivity index (χ4n) is 1.22. The van der Waals surface area contributed by atoms with Crippen LogP contribution in [0.2, 0.25) is 0 Å². The van der Waals surface area contributed by atoms with Crippen LogP contribution >= 0.6 is 0 Å². The van der Waals surface area contributed by atoms with Crippen LogP contribution in [-0.2, 0) is 11.3 Å². The number of rotatable bonds is 4. The summed E-state index contributed by atoms with van der Waals surface area (Å²) in [6.07, 6.45) is 1.96. The Bertz CT molecular complexity index is 323. The molecule has 0 saturated carbocycles. The van der Waals surface area contributed by atoms with Crippen molar-refractivity contribution in [3.05, 3.63) is 18.0 Å². The van der Waals surface area contributed by atoms with E-state index in [-0.39, 0.29) is 0 Å². The van der Waals surface area contributed by atoms with Gasteiger partial charge in [-0.25, -0.2) is 4.79 Å². The van der Waals surface area contributed by atoms with E-state index in [0.29, 0.717) is 24.3 Å². The molecule has 78 valence electrons. The van der Waals surface area contributed by atoms with Crippen LogP contribution in [0.1, 0.15) is 16.9 Å². The predicted octanol–water partition coefficient (Wildman–Crippen LogP) is 1.22. The first kappa shape index (κ1) is 10.6. The summed E-state index contributed by atoms with van der Waals surface area (Å²) in [6, 6.07) is 1.52. The van der Waals surface area contributed by atoms with Crippen molar-refractivity contribution in [3.8, 4) is 0 Å². The number of aryl methyl sites for hydroxylation is 1. The van der Waals surface area contributed by atoms with E-state index in [0.717, 1.165) is 0 Å². The summed E-state index contributed by atoms with van der Waals surface area (Å²) in [5.41, 5.74) is 6.36. The molecule has 0 fully saturated rings. The molecule has 0 atom stereocenters.